The molecule has 10 rings (SSSR count). The highest BCUT2D eigenvalue weighted by Crippen LogP contribution is 2.56. The van der Waals surface area contributed by atoms with Crippen LogP contribution in [0.2, 0.25) is 0 Å². The SMILES string of the molecule is CN(C)c1cc(CN)c(O)c2c1CC1CC3[C@H](N(C)C)C(=O)C(C(N)=O)=C(O)[C@@]3(O)C(=O)C1=C2O.Cc1ccc(CC(=O)CCc2cc(N(C)C)c3c(c2O)C(O)=C2C(=O)[C@]4(O)C(O)=C(C(N)=O)C(=O)[C@@H](N(C)C)C4CC2C3)cc1.Cc1ccc(N=C=O)cc1. The van der Waals surface area contributed by atoms with Crippen molar-refractivity contribution in [3.63, 3.8) is 0 Å². The molecule has 0 spiro atoms. The Labute approximate surface area is 519 Å². The number of aliphatic imine (C=N–C) groups is 1. The third-order valence-corrected chi connectivity index (χ3v) is 18.1. The van der Waals surface area contributed by atoms with E-state index in [2.05, 4.69) is 4.99 Å². The van der Waals surface area contributed by atoms with Gasteiger partial charge in [-0.25, -0.2) is 4.79 Å². The Hall–Kier alpha value is -9.29. The average Bonchev–Trinajstić information content (AvgIpc) is 0.712. The van der Waals surface area contributed by atoms with E-state index < -0.39 is 116 Å². The predicted octanol–water partition coefficient (Wildman–Crippen LogP) is 3.53. The zero-order valence-electron chi connectivity index (χ0n) is 51.7. The van der Waals surface area contributed by atoms with Crippen LogP contribution in [-0.4, -0.2) is 177 Å². The summed E-state index contributed by atoms with van der Waals surface area (Å²) in [5.41, 5.74) is 16.2. The highest BCUT2D eigenvalue weighted by molar-refractivity contribution is 6.26. The molecule has 476 valence electrons. The fraction of sp³-hybridized carbons (Fsp3) is 0.394. The van der Waals surface area contributed by atoms with Crippen LogP contribution in [0.1, 0.15) is 69.3 Å². The Kier molecular flexibility index (Phi) is 18.7. The lowest BCUT2D eigenvalue weighted by molar-refractivity contribution is -0.155. The molecule has 0 aromatic heterocycles. The molecule has 8 atom stereocenters. The zero-order valence-corrected chi connectivity index (χ0v) is 51.7. The number of anilines is 2. The van der Waals surface area contributed by atoms with Crippen molar-refractivity contribution in [1.82, 2.24) is 9.80 Å². The Bertz CT molecular complexity index is 3870. The van der Waals surface area contributed by atoms with Crippen molar-refractivity contribution in [2.75, 3.05) is 66.2 Å². The van der Waals surface area contributed by atoms with Crippen molar-refractivity contribution >= 4 is 75.4 Å². The van der Waals surface area contributed by atoms with Gasteiger partial charge in [-0.3, -0.25) is 43.4 Å². The van der Waals surface area contributed by atoms with E-state index in [1.54, 1.807) is 85.5 Å². The lowest BCUT2D eigenvalue weighted by atomic mass is 9.57. The van der Waals surface area contributed by atoms with Gasteiger partial charge in [0.05, 0.1) is 28.9 Å². The van der Waals surface area contributed by atoms with E-state index in [1.165, 1.54) is 15.9 Å². The van der Waals surface area contributed by atoms with Crippen LogP contribution in [0.4, 0.5) is 17.1 Å². The number of isocyanates is 1. The molecular weight excluding hydrogens is 1160 g/mol. The standard InChI is InChI=1S/C34H39N3O8.C24H30N4O7.C8H7NO/c1-16-6-8-17(9-7-16)12-20(38)11-10-18-15-23(36(2)3)21-13-19-14-22-27(37(4)5)30(41)26(33(35)44)32(43)34(22,45)31(42)24(19)29(40)25(21)28(18)39;1-27(2)13-7-10(8-25)18(29)15-11(13)5-9-6-12-17(28(3)4)20(31)16(23(26)34)22(33)24(12,35)21(32)14(9)19(15)30;1-7-2-4-8(5-3-7)9-6-10/h6-9,15,19,22,27,39-40,43,45H,10-14H2,1-5H3,(H2,35,44);7,9,12,17,29-30,33,35H,5-6,8,25H2,1-4H3,(H2,26,34);2-5H,1H3/t19?,22?,27-,34-;9?,12?,17-,24-;/m00./s1. The number of nitrogens with zero attached hydrogens (tertiary/aromatic N) is 5. The second-order valence-corrected chi connectivity index (χ2v) is 24.7. The van der Waals surface area contributed by atoms with Crippen LogP contribution in [0.5, 0.6) is 11.5 Å². The summed E-state index contributed by atoms with van der Waals surface area (Å²) in [6.45, 7) is 3.92. The van der Waals surface area contributed by atoms with Crippen LogP contribution < -0.4 is 27.0 Å². The molecule has 0 radical (unpaired) electrons. The maximum Gasteiger partial charge on any atom is 0.255 e. The third kappa shape index (κ3) is 11.3. The number of Topliss-reactive ketones (excluding diaryl/α,β-unsaturated/α-hetero) is 5. The van der Waals surface area contributed by atoms with E-state index in [0.717, 1.165) is 16.7 Å². The number of carbonyl (C=O) groups is 7. The first kappa shape index (κ1) is 66.7. The van der Waals surface area contributed by atoms with E-state index in [-0.39, 0.29) is 91.0 Å². The number of aliphatic hydroxyl groups is 6. The fourth-order valence-corrected chi connectivity index (χ4v) is 13.8. The number of phenolic OH excluding ortho intramolecular Hbond substituents is 2. The summed E-state index contributed by atoms with van der Waals surface area (Å²) < 4.78 is 0. The minimum absolute atomic E-state index is 0.00859. The van der Waals surface area contributed by atoms with Gasteiger partial charge in [0.25, 0.3) is 11.8 Å². The maximum absolute atomic E-state index is 14.1. The van der Waals surface area contributed by atoms with Crippen molar-refractivity contribution in [2.45, 2.75) is 88.6 Å². The number of aromatic hydroxyl groups is 2. The molecule has 0 heterocycles. The van der Waals surface area contributed by atoms with Crippen molar-refractivity contribution in [1.29, 1.82) is 0 Å². The quantitative estimate of drug-likeness (QED) is 0.0518. The highest BCUT2D eigenvalue weighted by Gasteiger charge is 2.66. The predicted molar refractivity (Wildman–Crippen MR) is 332 cm³/mol. The monoisotopic (exact) mass is 1240 g/mol. The summed E-state index contributed by atoms with van der Waals surface area (Å²) in [6, 6.07) is 16.2. The van der Waals surface area contributed by atoms with Crippen LogP contribution in [0, 0.1) is 37.5 Å². The summed E-state index contributed by atoms with van der Waals surface area (Å²) in [7, 11) is 13.4. The molecule has 4 aromatic rings. The van der Waals surface area contributed by atoms with Crippen molar-refractivity contribution in [3.05, 3.63) is 145 Å². The van der Waals surface area contributed by atoms with Gasteiger partial charge in [-0.1, -0.05) is 47.5 Å². The topological polar surface area (TPSA) is 402 Å². The number of hydrogen-bond acceptors (Lipinski definition) is 22. The number of benzene rings is 4. The molecule has 6 aliphatic rings. The fourth-order valence-electron chi connectivity index (χ4n) is 13.8. The van der Waals surface area contributed by atoms with Gasteiger partial charge in [-0.05, 0) is 132 Å². The molecule has 2 saturated carbocycles. The minimum Gasteiger partial charge on any atom is -0.508 e. The number of aliphatic hydroxyl groups excluding tert-OH is 4. The summed E-state index contributed by atoms with van der Waals surface area (Å²) in [6.07, 6.45) is 2.47. The number of nitrogens with two attached hydrogens (primary N) is 3. The Morgan fingerprint density at radius 3 is 1.37 bits per heavy atom. The van der Waals surface area contributed by atoms with Gasteiger partial charge in [0.1, 0.15) is 51.5 Å². The second kappa shape index (κ2) is 25.3. The number of rotatable bonds is 13. The smallest absolute Gasteiger partial charge is 0.255 e. The molecule has 0 aliphatic heterocycles. The molecule has 2 amide bonds. The Balaban J connectivity index is 0.000000205. The molecule has 24 nitrogen and oxygen atoms in total. The number of ketones is 5. The van der Waals surface area contributed by atoms with Crippen LogP contribution in [0.25, 0.3) is 11.5 Å². The van der Waals surface area contributed by atoms with Gasteiger partial charge < -0.3 is 67.9 Å². The number of primary amides is 2. The van der Waals surface area contributed by atoms with E-state index in [9.17, 15) is 79.2 Å². The van der Waals surface area contributed by atoms with Crippen LogP contribution in [-0.2, 0) is 70.6 Å². The molecule has 4 aromatic carbocycles. The van der Waals surface area contributed by atoms with Crippen LogP contribution in [0.3, 0.4) is 0 Å². The number of likely N-dealkylation sites (N-methyl/N-ethyl adjacent to an activating group) is 2. The summed E-state index contributed by atoms with van der Waals surface area (Å²) in [5.74, 6) is -13.7. The number of hydrogen-bond donors (Lipinski definition) is 11. The number of fused-ring (bicyclic) bond motifs is 6. The normalized spacial score (nSPS) is 24.1. The van der Waals surface area contributed by atoms with Gasteiger partial charge in [-0.15, -0.1) is 0 Å². The third-order valence-electron chi connectivity index (χ3n) is 18.1. The van der Waals surface area contributed by atoms with Gasteiger partial charge in [0.2, 0.25) is 17.6 Å². The van der Waals surface area contributed by atoms with Crippen molar-refractivity contribution in [3.8, 4) is 11.5 Å². The van der Waals surface area contributed by atoms with Gasteiger partial charge in [0, 0.05) is 87.5 Å². The van der Waals surface area contributed by atoms with Gasteiger partial charge >= 0.3 is 0 Å². The minimum atomic E-state index is -2.70. The first-order valence-electron chi connectivity index (χ1n) is 29.0. The van der Waals surface area contributed by atoms with E-state index in [0.29, 0.717) is 39.3 Å². The lowest BCUT2D eigenvalue weighted by Crippen LogP contribution is -2.65. The molecule has 0 saturated heterocycles. The van der Waals surface area contributed by atoms with Gasteiger partial charge in [-0.2, -0.15) is 4.99 Å². The van der Waals surface area contributed by atoms with Crippen LogP contribution in [0.15, 0.2) is 99.5 Å². The first-order chi connectivity index (χ1) is 42.2. The summed E-state index contributed by atoms with van der Waals surface area (Å²) in [5, 5.41) is 90.6. The molecule has 6 aliphatic carbocycles. The largest absolute Gasteiger partial charge is 0.508 e. The number of amides is 2. The van der Waals surface area contributed by atoms with E-state index >= 15 is 0 Å². The number of carbonyl (C=O) groups excluding carboxylic acids is 8. The Morgan fingerprint density at radius 1 is 0.611 bits per heavy atom. The van der Waals surface area contributed by atoms with Crippen molar-refractivity contribution < 1.29 is 79.2 Å². The maximum atomic E-state index is 14.1. The molecular formula is C66H76N8O16. The molecule has 24 heteroatoms. The molecule has 90 heavy (non-hydrogen) atoms. The molecule has 4 unspecified atom stereocenters. The van der Waals surface area contributed by atoms with E-state index in [4.69, 9.17) is 17.2 Å². The zero-order chi connectivity index (χ0) is 66.7. The summed E-state index contributed by atoms with van der Waals surface area (Å²) >= 11 is 0. The molecule has 2 fully saturated rings. The average molecular weight is 1240 g/mol. The van der Waals surface area contributed by atoms with Gasteiger partial charge in [0.15, 0.2) is 22.8 Å². The highest BCUT2D eigenvalue weighted by atomic mass is 16.4. The van der Waals surface area contributed by atoms with Crippen LogP contribution >= 0.6 is 0 Å². The summed E-state index contributed by atoms with van der Waals surface area (Å²) in [4.78, 5) is 111. The molecule has 14 N–H and O–H groups in total. The van der Waals surface area contributed by atoms with E-state index in [1.807, 2.05) is 55.1 Å². The number of phenols is 2. The lowest BCUT2D eigenvalue weighted by Gasteiger charge is -2.50. The number of aryl methyl sites for hydroxylation is 3. The van der Waals surface area contributed by atoms with Crippen molar-refractivity contribution in [2.24, 2.45) is 45.9 Å². The first-order valence-corrected chi connectivity index (χ1v) is 29.0. The molecule has 0 bridgehead atoms. The Morgan fingerprint density at radius 2 is 1.00 bits per heavy atom. The second-order valence-electron chi connectivity index (χ2n) is 24.7.